The van der Waals surface area contributed by atoms with E-state index in [-0.39, 0.29) is 0 Å². The van der Waals surface area contributed by atoms with Crippen LogP contribution >= 0.6 is 0 Å². The number of aromatic carboxylic acids is 1. The molecule has 132 valence electrons. The van der Waals surface area contributed by atoms with E-state index in [4.69, 9.17) is 0 Å². The normalized spacial score (nSPS) is 18.1. The van der Waals surface area contributed by atoms with Crippen molar-refractivity contribution in [1.29, 1.82) is 0 Å². The summed E-state index contributed by atoms with van der Waals surface area (Å²) in [7, 11) is 3.98. The number of carbonyl (C=O) groups is 1. The Bertz CT molecular complexity index is 728. The van der Waals surface area contributed by atoms with E-state index in [1.807, 2.05) is 49.5 Å². The van der Waals surface area contributed by atoms with Crippen molar-refractivity contribution >= 4 is 11.8 Å². The largest absolute Gasteiger partial charge is 0.478 e. The predicted molar refractivity (Wildman–Crippen MR) is 99.2 cm³/mol. The van der Waals surface area contributed by atoms with Crippen LogP contribution in [0.1, 0.15) is 40.2 Å². The molecule has 0 radical (unpaired) electrons. The van der Waals surface area contributed by atoms with Crippen LogP contribution < -0.4 is 4.90 Å². The highest BCUT2D eigenvalue weighted by atomic mass is 16.4. The Hall–Kier alpha value is -2.40. The number of piperidine rings is 1. The quantitative estimate of drug-likeness (QED) is 0.906. The molecule has 3 rings (SSSR count). The third kappa shape index (κ3) is 4.37. The predicted octanol–water partition coefficient (Wildman–Crippen LogP) is 3.23. The molecular formula is C20H25N3O2. The molecule has 1 aliphatic rings. The first-order chi connectivity index (χ1) is 12.0. The summed E-state index contributed by atoms with van der Waals surface area (Å²) in [6.45, 7) is 2.92. The third-order valence-electron chi connectivity index (χ3n) is 4.78. The van der Waals surface area contributed by atoms with E-state index in [0.717, 1.165) is 43.9 Å². The summed E-state index contributed by atoms with van der Waals surface area (Å²) < 4.78 is 0. The molecule has 0 aliphatic carbocycles. The molecule has 1 saturated heterocycles. The Balaban J connectivity index is 1.66. The Morgan fingerprint density at radius 2 is 2.16 bits per heavy atom. The molecule has 2 aromatic rings. The van der Waals surface area contributed by atoms with E-state index in [2.05, 4.69) is 16.0 Å². The summed E-state index contributed by atoms with van der Waals surface area (Å²) in [5, 5.41) is 9.20. The van der Waals surface area contributed by atoms with Crippen LogP contribution in [0.2, 0.25) is 0 Å². The molecule has 0 unspecified atom stereocenters. The topological polar surface area (TPSA) is 56.7 Å². The Kier molecular flexibility index (Phi) is 5.34. The number of likely N-dealkylation sites (tertiary alicyclic amines) is 1. The van der Waals surface area contributed by atoms with E-state index in [0.29, 0.717) is 11.5 Å². The van der Waals surface area contributed by atoms with Gasteiger partial charge in [0.15, 0.2) is 0 Å². The number of carboxylic acids is 1. The lowest BCUT2D eigenvalue weighted by Crippen LogP contribution is -2.34. The molecule has 1 fully saturated rings. The van der Waals surface area contributed by atoms with Crippen molar-refractivity contribution in [2.75, 3.05) is 32.1 Å². The Morgan fingerprint density at radius 1 is 1.32 bits per heavy atom. The minimum Gasteiger partial charge on any atom is -0.478 e. The van der Waals surface area contributed by atoms with E-state index in [9.17, 15) is 9.90 Å². The van der Waals surface area contributed by atoms with Gasteiger partial charge in [0.2, 0.25) is 0 Å². The van der Waals surface area contributed by atoms with Gasteiger partial charge in [0, 0.05) is 33.4 Å². The van der Waals surface area contributed by atoms with Crippen molar-refractivity contribution in [2.45, 2.75) is 25.3 Å². The van der Waals surface area contributed by atoms with Gasteiger partial charge in [0.25, 0.3) is 0 Å². The van der Waals surface area contributed by atoms with Gasteiger partial charge in [-0.3, -0.25) is 4.90 Å². The second-order valence-electron chi connectivity index (χ2n) is 6.92. The molecule has 1 N–H and O–H groups in total. The molecule has 0 amide bonds. The van der Waals surface area contributed by atoms with Gasteiger partial charge >= 0.3 is 5.97 Å². The molecule has 2 heterocycles. The molecule has 25 heavy (non-hydrogen) atoms. The summed E-state index contributed by atoms with van der Waals surface area (Å²) in [5.74, 6) is 0.495. The van der Waals surface area contributed by atoms with Crippen molar-refractivity contribution < 1.29 is 9.90 Å². The average Bonchev–Trinajstić information content (AvgIpc) is 2.62. The number of anilines is 1. The molecule has 1 aliphatic heterocycles. The number of aromatic nitrogens is 1. The molecule has 5 nitrogen and oxygen atoms in total. The summed E-state index contributed by atoms with van der Waals surface area (Å²) in [6, 6.07) is 11.6. The summed E-state index contributed by atoms with van der Waals surface area (Å²) in [6.07, 6.45) is 4.19. The van der Waals surface area contributed by atoms with Crippen LogP contribution in [0.15, 0.2) is 42.6 Å². The zero-order valence-corrected chi connectivity index (χ0v) is 14.9. The fourth-order valence-electron chi connectivity index (χ4n) is 3.43. The fourth-order valence-corrected chi connectivity index (χ4v) is 3.43. The van der Waals surface area contributed by atoms with Gasteiger partial charge in [-0.1, -0.05) is 18.2 Å². The first-order valence-corrected chi connectivity index (χ1v) is 8.71. The monoisotopic (exact) mass is 339 g/mol. The number of nitrogens with zero attached hydrogens (tertiary/aromatic N) is 3. The number of pyridine rings is 1. The standard InChI is InChI=1S/C20H25N3O2/c1-22(2)19-9-8-15(12-21-19)13-23-10-4-7-18(14-23)16-5-3-6-17(11-16)20(24)25/h3,5-6,8-9,11-12,18H,4,7,10,13-14H2,1-2H3,(H,24,25)/t18-/m0/s1. The molecule has 0 saturated carbocycles. The zero-order valence-electron chi connectivity index (χ0n) is 14.9. The molecule has 1 aromatic carbocycles. The number of rotatable bonds is 5. The third-order valence-corrected chi connectivity index (χ3v) is 4.78. The highest BCUT2D eigenvalue weighted by molar-refractivity contribution is 5.87. The van der Waals surface area contributed by atoms with Gasteiger partial charge in [-0.25, -0.2) is 9.78 Å². The SMILES string of the molecule is CN(C)c1ccc(CN2CCC[C@H](c3cccc(C(=O)O)c3)C2)cn1. The number of hydrogen-bond acceptors (Lipinski definition) is 4. The lowest BCUT2D eigenvalue weighted by atomic mass is 9.89. The summed E-state index contributed by atoms with van der Waals surface area (Å²) in [4.78, 5) is 20.1. The lowest BCUT2D eigenvalue weighted by Gasteiger charge is -2.33. The van der Waals surface area contributed by atoms with E-state index in [1.165, 1.54) is 5.56 Å². The first kappa shape index (κ1) is 17.4. The fraction of sp³-hybridized carbons (Fsp3) is 0.400. The van der Waals surface area contributed by atoms with Crippen LogP contribution in [0.5, 0.6) is 0 Å². The Labute approximate surface area is 148 Å². The lowest BCUT2D eigenvalue weighted by molar-refractivity contribution is 0.0696. The molecule has 0 bridgehead atoms. The van der Waals surface area contributed by atoms with Crippen LogP contribution in [0, 0.1) is 0 Å². The van der Waals surface area contributed by atoms with E-state index < -0.39 is 5.97 Å². The number of benzene rings is 1. The van der Waals surface area contributed by atoms with Crippen LogP contribution in [0.25, 0.3) is 0 Å². The van der Waals surface area contributed by atoms with Crippen LogP contribution in [0.3, 0.4) is 0 Å². The number of hydrogen-bond donors (Lipinski definition) is 1. The maximum Gasteiger partial charge on any atom is 0.335 e. The second-order valence-corrected chi connectivity index (χ2v) is 6.92. The highest BCUT2D eigenvalue weighted by Crippen LogP contribution is 2.28. The van der Waals surface area contributed by atoms with Crippen LogP contribution in [0.4, 0.5) is 5.82 Å². The average molecular weight is 339 g/mol. The maximum atomic E-state index is 11.2. The Morgan fingerprint density at radius 3 is 2.84 bits per heavy atom. The van der Waals surface area contributed by atoms with E-state index >= 15 is 0 Å². The van der Waals surface area contributed by atoms with Gasteiger partial charge in [-0.05, 0) is 54.6 Å². The van der Waals surface area contributed by atoms with Crippen molar-refractivity contribution in [3.05, 3.63) is 59.3 Å². The maximum absolute atomic E-state index is 11.2. The van der Waals surface area contributed by atoms with Crippen LogP contribution in [-0.2, 0) is 6.54 Å². The zero-order chi connectivity index (χ0) is 17.8. The molecule has 0 spiro atoms. The van der Waals surface area contributed by atoms with Crippen molar-refractivity contribution in [3.63, 3.8) is 0 Å². The van der Waals surface area contributed by atoms with Crippen molar-refractivity contribution in [1.82, 2.24) is 9.88 Å². The first-order valence-electron chi connectivity index (χ1n) is 8.71. The van der Waals surface area contributed by atoms with Gasteiger partial charge in [-0.15, -0.1) is 0 Å². The minimum atomic E-state index is -0.860. The number of carboxylic acid groups (broad SMARTS) is 1. The minimum absolute atomic E-state index is 0.373. The van der Waals surface area contributed by atoms with E-state index in [1.54, 1.807) is 6.07 Å². The van der Waals surface area contributed by atoms with Crippen LogP contribution in [-0.4, -0.2) is 48.1 Å². The second kappa shape index (κ2) is 7.66. The molecule has 1 atom stereocenters. The van der Waals surface area contributed by atoms with Gasteiger partial charge < -0.3 is 10.0 Å². The smallest absolute Gasteiger partial charge is 0.335 e. The summed E-state index contributed by atoms with van der Waals surface area (Å²) >= 11 is 0. The van der Waals surface area contributed by atoms with Crippen molar-refractivity contribution in [2.24, 2.45) is 0 Å². The van der Waals surface area contributed by atoms with Crippen molar-refractivity contribution in [3.8, 4) is 0 Å². The highest BCUT2D eigenvalue weighted by Gasteiger charge is 2.22. The van der Waals surface area contributed by atoms with Gasteiger partial charge in [-0.2, -0.15) is 0 Å². The van der Waals surface area contributed by atoms with Gasteiger partial charge in [0.1, 0.15) is 5.82 Å². The summed E-state index contributed by atoms with van der Waals surface area (Å²) in [5.41, 5.74) is 2.72. The molecular weight excluding hydrogens is 314 g/mol. The molecule has 1 aromatic heterocycles. The van der Waals surface area contributed by atoms with Gasteiger partial charge in [0.05, 0.1) is 5.56 Å². The molecule has 5 heteroatoms.